The molecule has 0 aliphatic carbocycles. The van der Waals surface area contributed by atoms with Gasteiger partial charge in [0.15, 0.2) is 0 Å². The zero-order valence-electron chi connectivity index (χ0n) is 16.2. The lowest BCUT2D eigenvalue weighted by Crippen LogP contribution is -2.36. The van der Waals surface area contributed by atoms with E-state index in [1.807, 2.05) is 11.8 Å². The largest absolute Gasteiger partial charge is 0.377 e. The van der Waals surface area contributed by atoms with Crippen molar-refractivity contribution in [1.29, 1.82) is 0 Å². The van der Waals surface area contributed by atoms with Crippen molar-refractivity contribution in [1.82, 2.24) is 16.0 Å². The number of hydrogen-bond donors (Lipinski definition) is 3. The van der Waals surface area contributed by atoms with Gasteiger partial charge < -0.3 is 30.2 Å². The summed E-state index contributed by atoms with van der Waals surface area (Å²) in [4.78, 5) is 23.2. The number of urea groups is 1. The van der Waals surface area contributed by atoms with E-state index >= 15 is 0 Å². The van der Waals surface area contributed by atoms with E-state index in [0.717, 1.165) is 25.0 Å². The number of hydrogen-bond acceptors (Lipinski definition) is 6. The summed E-state index contributed by atoms with van der Waals surface area (Å²) in [6, 6.07) is 0.448. The van der Waals surface area contributed by atoms with Crippen LogP contribution in [0.1, 0.15) is 25.7 Å². The third kappa shape index (κ3) is 8.69. The van der Waals surface area contributed by atoms with Crippen LogP contribution in [0.3, 0.4) is 0 Å². The molecule has 2 saturated heterocycles. The first-order valence-corrected chi connectivity index (χ1v) is 10.9. The van der Waals surface area contributed by atoms with Crippen molar-refractivity contribution < 1.29 is 23.8 Å². The summed E-state index contributed by atoms with van der Waals surface area (Å²) in [5.41, 5.74) is 0. The fourth-order valence-electron chi connectivity index (χ4n) is 3.20. The van der Waals surface area contributed by atoms with E-state index in [2.05, 4.69) is 21.9 Å². The van der Waals surface area contributed by atoms with Crippen LogP contribution in [0, 0.1) is 12.3 Å². The van der Waals surface area contributed by atoms with Gasteiger partial charge in [-0.05, 0) is 12.8 Å². The molecule has 3 atom stereocenters. The summed E-state index contributed by atoms with van der Waals surface area (Å²) >= 11 is 1.91. The molecule has 0 aromatic rings. The summed E-state index contributed by atoms with van der Waals surface area (Å²) < 4.78 is 15.8. The summed E-state index contributed by atoms with van der Waals surface area (Å²) in [5.74, 6) is 3.41. The van der Waals surface area contributed by atoms with E-state index in [9.17, 15) is 9.59 Å². The monoisotopic (exact) mass is 413 g/mol. The molecule has 0 aromatic heterocycles. The molecule has 2 heterocycles. The molecule has 0 aromatic carbocycles. The summed E-state index contributed by atoms with van der Waals surface area (Å²) in [7, 11) is 0. The molecule has 3 amide bonds. The molecule has 2 aliphatic heterocycles. The fourth-order valence-corrected chi connectivity index (χ4v) is 4.74. The molecule has 158 valence electrons. The molecule has 1 unspecified atom stereocenters. The number of rotatable bonds is 15. The minimum absolute atomic E-state index is 0.0532. The third-order valence-electron chi connectivity index (χ3n) is 4.58. The number of fused-ring (bicyclic) bond motifs is 1. The Balaban J connectivity index is 1.35. The highest BCUT2D eigenvalue weighted by Gasteiger charge is 2.42. The molecular weight excluding hydrogens is 382 g/mol. The van der Waals surface area contributed by atoms with Gasteiger partial charge in [0.2, 0.25) is 5.91 Å². The molecule has 8 nitrogen and oxygen atoms in total. The van der Waals surface area contributed by atoms with Gasteiger partial charge in [-0.1, -0.05) is 12.3 Å². The Morgan fingerprint density at radius 1 is 1.14 bits per heavy atom. The first-order chi connectivity index (χ1) is 13.7. The predicted molar refractivity (Wildman–Crippen MR) is 108 cm³/mol. The SMILES string of the molecule is C#CCOCCOCCOCCNC(=O)CCCCC1SC[C@H]2NC(=O)N[C@@H]12. The third-order valence-corrected chi connectivity index (χ3v) is 6.09. The number of thioether (sulfide) groups is 1. The van der Waals surface area contributed by atoms with Crippen LogP contribution in [0.5, 0.6) is 0 Å². The molecule has 3 N–H and O–H groups in total. The van der Waals surface area contributed by atoms with Crippen LogP contribution in [-0.2, 0) is 19.0 Å². The summed E-state index contributed by atoms with van der Waals surface area (Å²) in [6.45, 7) is 3.22. The Morgan fingerprint density at radius 2 is 1.89 bits per heavy atom. The highest BCUT2D eigenvalue weighted by Crippen LogP contribution is 2.33. The van der Waals surface area contributed by atoms with Crippen molar-refractivity contribution >= 4 is 23.7 Å². The topological polar surface area (TPSA) is 97.9 Å². The quantitative estimate of drug-likeness (QED) is 0.206. The standard InChI is InChI=1S/C19H31N3O5S/c1-2-8-25-10-12-27-13-11-26-9-7-20-17(23)6-4-3-5-16-18-15(14-28-16)21-19(24)22-18/h1,15-16,18H,3-14H2,(H,20,23)(H2,21,22,24)/t15-,16?,18-/m1/s1. The number of carbonyl (C=O) groups is 2. The minimum Gasteiger partial charge on any atom is -0.377 e. The van der Waals surface area contributed by atoms with Gasteiger partial charge in [-0.15, -0.1) is 6.42 Å². The molecule has 0 spiro atoms. The van der Waals surface area contributed by atoms with Gasteiger partial charge in [-0.2, -0.15) is 11.8 Å². The van der Waals surface area contributed by atoms with Crippen molar-refractivity contribution in [2.45, 2.75) is 43.0 Å². The van der Waals surface area contributed by atoms with Crippen LogP contribution in [0.25, 0.3) is 0 Å². The van der Waals surface area contributed by atoms with E-state index in [1.54, 1.807) is 0 Å². The van der Waals surface area contributed by atoms with Crippen LogP contribution in [0.15, 0.2) is 0 Å². The zero-order valence-corrected chi connectivity index (χ0v) is 17.1. The Morgan fingerprint density at radius 3 is 2.68 bits per heavy atom. The summed E-state index contributed by atoms with van der Waals surface area (Å²) in [6.07, 6.45) is 8.46. The normalized spacial score (nSPS) is 23.0. The lowest BCUT2D eigenvalue weighted by Gasteiger charge is -2.16. The summed E-state index contributed by atoms with van der Waals surface area (Å²) in [5, 5.41) is 9.25. The van der Waals surface area contributed by atoms with Gasteiger partial charge in [0.25, 0.3) is 0 Å². The molecular formula is C19H31N3O5S. The molecule has 0 radical (unpaired) electrons. The Labute approximate surface area is 171 Å². The Kier molecular flexibility index (Phi) is 11.1. The van der Waals surface area contributed by atoms with Crippen LogP contribution in [-0.4, -0.2) is 81.2 Å². The predicted octanol–water partition coefficient (Wildman–Crippen LogP) is 0.511. The lowest BCUT2D eigenvalue weighted by atomic mass is 10.0. The number of ether oxygens (including phenoxy) is 3. The van der Waals surface area contributed by atoms with E-state index in [-0.39, 0.29) is 24.0 Å². The highest BCUT2D eigenvalue weighted by atomic mass is 32.2. The molecule has 0 saturated carbocycles. The van der Waals surface area contributed by atoms with Gasteiger partial charge in [0.1, 0.15) is 6.61 Å². The van der Waals surface area contributed by atoms with Crippen molar-refractivity contribution in [2.75, 3.05) is 51.9 Å². The second-order valence-corrected chi connectivity index (χ2v) is 7.97. The smallest absolute Gasteiger partial charge is 0.315 e. The molecule has 28 heavy (non-hydrogen) atoms. The molecule has 2 aliphatic rings. The van der Waals surface area contributed by atoms with Crippen LogP contribution >= 0.6 is 11.8 Å². The van der Waals surface area contributed by atoms with Gasteiger partial charge in [0, 0.05) is 24.0 Å². The van der Waals surface area contributed by atoms with Crippen LogP contribution in [0.4, 0.5) is 4.79 Å². The number of terminal acetylenes is 1. The Hall–Kier alpha value is -1.47. The number of amides is 3. The lowest BCUT2D eigenvalue weighted by molar-refractivity contribution is -0.121. The molecule has 0 bridgehead atoms. The Bertz CT molecular complexity index is 528. The number of carbonyl (C=O) groups excluding carboxylic acids is 2. The van der Waals surface area contributed by atoms with E-state index in [0.29, 0.717) is 57.9 Å². The first-order valence-electron chi connectivity index (χ1n) is 9.82. The van der Waals surface area contributed by atoms with Crippen LogP contribution < -0.4 is 16.0 Å². The van der Waals surface area contributed by atoms with Crippen molar-refractivity contribution in [3.8, 4) is 12.3 Å². The highest BCUT2D eigenvalue weighted by molar-refractivity contribution is 8.00. The molecule has 2 rings (SSSR count). The maximum absolute atomic E-state index is 11.8. The van der Waals surface area contributed by atoms with E-state index in [1.165, 1.54) is 0 Å². The number of unbranched alkanes of at least 4 members (excludes halogenated alkanes) is 1. The van der Waals surface area contributed by atoms with Gasteiger partial charge in [-0.3, -0.25) is 4.79 Å². The molecule has 9 heteroatoms. The average Bonchev–Trinajstić information content (AvgIpc) is 3.22. The van der Waals surface area contributed by atoms with E-state index < -0.39 is 0 Å². The maximum atomic E-state index is 11.8. The van der Waals surface area contributed by atoms with Crippen molar-refractivity contribution in [2.24, 2.45) is 0 Å². The van der Waals surface area contributed by atoms with Gasteiger partial charge in [0.05, 0.1) is 45.1 Å². The van der Waals surface area contributed by atoms with Crippen molar-refractivity contribution in [3.63, 3.8) is 0 Å². The first kappa shape index (κ1) is 22.8. The maximum Gasteiger partial charge on any atom is 0.315 e. The second-order valence-electron chi connectivity index (χ2n) is 6.70. The van der Waals surface area contributed by atoms with Gasteiger partial charge in [-0.25, -0.2) is 4.79 Å². The minimum atomic E-state index is -0.0532. The molecule has 2 fully saturated rings. The number of nitrogens with one attached hydrogen (secondary N) is 3. The van der Waals surface area contributed by atoms with Gasteiger partial charge >= 0.3 is 6.03 Å². The fraction of sp³-hybridized carbons (Fsp3) is 0.789. The second kappa shape index (κ2) is 13.7. The van der Waals surface area contributed by atoms with Crippen LogP contribution in [0.2, 0.25) is 0 Å². The van der Waals surface area contributed by atoms with Crippen molar-refractivity contribution in [3.05, 3.63) is 0 Å². The zero-order chi connectivity index (χ0) is 20.0. The average molecular weight is 414 g/mol. The van der Waals surface area contributed by atoms with E-state index in [4.69, 9.17) is 20.6 Å².